The smallest absolute Gasteiger partial charge is 0.162 e. The van der Waals surface area contributed by atoms with Crippen LogP contribution >= 0.6 is 15.9 Å². The maximum atomic E-state index is 13.9. The molecule has 0 N–H and O–H groups in total. The van der Waals surface area contributed by atoms with Crippen LogP contribution in [-0.2, 0) is 0 Å². The lowest BCUT2D eigenvalue weighted by Crippen LogP contribution is -2.00. The fraction of sp³-hybridized carbons (Fsp3) is 0.0909. The van der Waals surface area contributed by atoms with Crippen LogP contribution in [0.4, 0.5) is 4.39 Å². The van der Waals surface area contributed by atoms with Gasteiger partial charge in [0, 0.05) is 12.4 Å². The van der Waals surface area contributed by atoms with Gasteiger partial charge in [-0.1, -0.05) is 0 Å². The summed E-state index contributed by atoms with van der Waals surface area (Å²) in [4.78, 5) is 4.02. The first-order valence-corrected chi connectivity index (χ1v) is 5.33. The van der Waals surface area contributed by atoms with Gasteiger partial charge in [0.15, 0.2) is 5.82 Å². The van der Waals surface area contributed by atoms with E-state index >= 15 is 0 Å². The van der Waals surface area contributed by atoms with Gasteiger partial charge in [-0.25, -0.2) is 9.37 Å². The Kier molecular flexibility index (Phi) is 2.75. The average Bonchev–Trinajstić information content (AvgIpc) is 2.69. The summed E-state index contributed by atoms with van der Waals surface area (Å²) in [5.74, 6) is 0.232. The van der Waals surface area contributed by atoms with Gasteiger partial charge >= 0.3 is 0 Å². The predicted octanol–water partition coefficient (Wildman–Crippen LogP) is 2.95. The predicted molar refractivity (Wildman–Crippen MR) is 60.7 cm³/mol. The number of halogens is 2. The number of hydrogen-bond acceptors (Lipinski definition) is 2. The summed E-state index contributed by atoms with van der Waals surface area (Å²) in [5, 5.41) is 8.75. The molecule has 0 spiro atoms. The molecule has 0 radical (unpaired) electrons. The van der Waals surface area contributed by atoms with Crippen molar-refractivity contribution >= 4 is 15.9 Å². The Balaban J connectivity index is 2.66. The summed E-state index contributed by atoms with van der Waals surface area (Å²) in [6, 6.07) is 5.05. The number of aryl methyl sites for hydroxylation is 1. The maximum Gasteiger partial charge on any atom is 0.162 e. The van der Waals surface area contributed by atoms with E-state index in [1.807, 2.05) is 6.07 Å². The molecule has 2 aromatic rings. The molecular weight excluding hydrogens is 273 g/mol. The first-order valence-electron chi connectivity index (χ1n) is 4.53. The van der Waals surface area contributed by atoms with E-state index in [-0.39, 0.29) is 10.0 Å². The highest BCUT2D eigenvalue weighted by Crippen LogP contribution is 2.26. The van der Waals surface area contributed by atoms with Gasteiger partial charge in [-0.15, -0.1) is 0 Å². The molecule has 0 atom stereocenters. The maximum absolute atomic E-state index is 13.9. The number of nitriles is 1. The van der Waals surface area contributed by atoms with E-state index in [4.69, 9.17) is 5.26 Å². The van der Waals surface area contributed by atoms with Crippen molar-refractivity contribution in [3.63, 3.8) is 0 Å². The van der Waals surface area contributed by atoms with Crippen LogP contribution in [0.15, 0.2) is 29.0 Å². The van der Waals surface area contributed by atoms with Gasteiger partial charge in [-0.2, -0.15) is 5.26 Å². The van der Waals surface area contributed by atoms with Gasteiger partial charge in [0.1, 0.15) is 11.9 Å². The topological polar surface area (TPSA) is 41.6 Å². The van der Waals surface area contributed by atoms with E-state index in [2.05, 4.69) is 20.9 Å². The molecule has 16 heavy (non-hydrogen) atoms. The molecule has 80 valence electrons. The summed E-state index contributed by atoms with van der Waals surface area (Å²) in [6.07, 6.45) is 3.27. The monoisotopic (exact) mass is 279 g/mol. The van der Waals surface area contributed by atoms with Crippen molar-refractivity contribution in [2.45, 2.75) is 6.92 Å². The summed E-state index contributed by atoms with van der Waals surface area (Å²) in [5.41, 5.74) is 0.653. The Morgan fingerprint density at radius 3 is 2.81 bits per heavy atom. The van der Waals surface area contributed by atoms with Crippen LogP contribution < -0.4 is 0 Å². The molecule has 0 aliphatic carbocycles. The molecule has 0 aliphatic rings. The SMILES string of the molecule is Cc1nccn1-c1ccc(C#N)c(Br)c1F. The van der Waals surface area contributed by atoms with Gasteiger partial charge in [-0.05, 0) is 35.0 Å². The van der Waals surface area contributed by atoms with Crippen LogP contribution in [-0.4, -0.2) is 9.55 Å². The molecular formula is C11H7BrFN3. The first-order chi connectivity index (χ1) is 7.65. The number of hydrogen-bond donors (Lipinski definition) is 0. The third kappa shape index (κ3) is 1.61. The fourth-order valence-electron chi connectivity index (χ4n) is 1.44. The van der Waals surface area contributed by atoms with Crippen LogP contribution in [0.2, 0.25) is 0 Å². The van der Waals surface area contributed by atoms with Crippen LogP contribution in [0.25, 0.3) is 5.69 Å². The summed E-state index contributed by atoms with van der Waals surface area (Å²) < 4.78 is 15.8. The molecule has 3 nitrogen and oxygen atoms in total. The van der Waals surface area contributed by atoms with Crippen LogP contribution in [0.5, 0.6) is 0 Å². The summed E-state index contributed by atoms with van der Waals surface area (Å²) >= 11 is 3.07. The van der Waals surface area contributed by atoms with Crippen molar-refractivity contribution in [1.29, 1.82) is 5.26 Å². The molecule has 0 saturated carbocycles. The van der Waals surface area contributed by atoms with Gasteiger partial charge in [-0.3, -0.25) is 0 Å². The number of imidazole rings is 1. The highest BCUT2D eigenvalue weighted by Gasteiger charge is 2.13. The lowest BCUT2D eigenvalue weighted by Gasteiger charge is -2.08. The van der Waals surface area contributed by atoms with Crippen molar-refractivity contribution in [2.75, 3.05) is 0 Å². The Labute approximate surface area is 100 Å². The van der Waals surface area contributed by atoms with Gasteiger partial charge in [0.2, 0.25) is 0 Å². The Hall–Kier alpha value is -1.67. The molecule has 5 heteroatoms. The van der Waals surface area contributed by atoms with Crippen LogP contribution in [0, 0.1) is 24.1 Å². The zero-order chi connectivity index (χ0) is 11.7. The molecule has 2 rings (SSSR count). The van der Waals surface area contributed by atoms with Gasteiger partial charge in [0.05, 0.1) is 15.7 Å². The minimum Gasteiger partial charge on any atom is -0.301 e. The molecule has 0 aliphatic heterocycles. The standard InChI is InChI=1S/C11H7BrFN3/c1-7-15-4-5-16(7)9-3-2-8(6-14)10(12)11(9)13/h2-5H,1H3. The Bertz CT molecular complexity index is 583. The Morgan fingerprint density at radius 2 is 2.25 bits per heavy atom. The van der Waals surface area contributed by atoms with Crippen molar-refractivity contribution in [1.82, 2.24) is 9.55 Å². The normalized spacial score (nSPS) is 10.1. The second-order valence-corrected chi connectivity index (χ2v) is 4.01. The second-order valence-electron chi connectivity index (χ2n) is 3.22. The largest absolute Gasteiger partial charge is 0.301 e. The zero-order valence-corrected chi connectivity index (χ0v) is 9.99. The average molecular weight is 280 g/mol. The molecule has 1 aromatic heterocycles. The van der Waals surface area contributed by atoms with Gasteiger partial charge < -0.3 is 4.57 Å². The van der Waals surface area contributed by atoms with E-state index in [1.165, 1.54) is 0 Å². The van der Waals surface area contributed by atoms with Crippen molar-refractivity contribution in [2.24, 2.45) is 0 Å². The van der Waals surface area contributed by atoms with E-state index in [1.54, 1.807) is 36.0 Å². The quantitative estimate of drug-likeness (QED) is 0.805. The number of benzene rings is 1. The van der Waals surface area contributed by atoms with E-state index < -0.39 is 5.82 Å². The fourth-order valence-corrected chi connectivity index (χ4v) is 1.87. The number of rotatable bonds is 1. The highest BCUT2D eigenvalue weighted by atomic mass is 79.9. The molecule has 0 fully saturated rings. The molecule has 0 amide bonds. The summed E-state index contributed by atoms with van der Waals surface area (Å²) in [6.45, 7) is 1.78. The third-order valence-corrected chi connectivity index (χ3v) is 3.04. The number of nitrogens with zero attached hydrogens (tertiary/aromatic N) is 3. The minimum atomic E-state index is -0.458. The van der Waals surface area contributed by atoms with E-state index in [9.17, 15) is 4.39 Å². The van der Waals surface area contributed by atoms with E-state index in [0.717, 1.165) is 0 Å². The van der Waals surface area contributed by atoms with Gasteiger partial charge in [0.25, 0.3) is 0 Å². The third-order valence-electron chi connectivity index (χ3n) is 2.27. The molecule has 1 aromatic carbocycles. The molecule has 0 saturated heterocycles. The number of aromatic nitrogens is 2. The molecule has 0 bridgehead atoms. The highest BCUT2D eigenvalue weighted by molar-refractivity contribution is 9.10. The van der Waals surface area contributed by atoms with Crippen molar-refractivity contribution in [3.8, 4) is 11.8 Å². The minimum absolute atomic E-state index is 0.181. The van der Waals surface area contributed by atoms with E-state index in [0.29, 0.717) is 11.5 Å². The molecule has 1 heterocycles. The Morgan fingerprint density at radius 1 is 1.50 bits per heavy atom. The van der Waals surface area contributed by atoms with Crippen molar-refractivity contribution in [3.05, 3.63) is 46.2 Å². The zero-order valence-electron chi connectivity index (χ0n) is 8.41. The second kappa shape index (κ2) is 4.06. The first kappa shape index (κ1) is 10.8. The lowest BCUT2D eigenvalue weighted by atomic mass is 10.2. The van der Waals surface area contributed by atoms with Crippen molar-refractivity contribution < 1.29 is 4.39 Å². The lowest BCUT2D eigenvalue weighted by molar-refractivity contribution is 0.609. The molecule has 0 unspecified atom stereocenters. The van der Waals surface area contributed by atoms with Crippen LogP contribution in [0.3, 0.4) is 0 Å². The summed E-state index contributed by atoms with van der Waals surface area (Å²) in [7, 11) is 0. The van der Waals surface area contributed by atoms with Crippen LogP contribution in [0.1, 0.15) is 11.4 Å².